The van der Waals surface area contributed by atoms with Gasteiger partial charge in [-0.25, -0.2) is 4.39 Å². The van der Waals surface area contributed by atoms with Crippen molar-refractivity contribution in [2.24, 2.45) is 10.9 Å². The molecule has 0 spiro atoms. The molecule has 30 heavy (non-hydrogen) atoms. The van der Waals surface area contributed by atoms with Crippen molar-refractivity contribution in [3.8, 4) is 5.75 Å². The third-order valence-corrected chi connectivity index (χ3v) is 5.92. The molecular formula is C23H38FN5O. The van der Waals surface area contributed by atoms with Gasteiger partial charge in [0.1, 0.15) is 0 Å². The molecule has 1 unspecified atom stereocenters. The molecular weight excluding hydrogens is 381 g/mol. The van der Waals surface area contributed by atoms with Crippen LogP contribution in [0, 0.1) is 11.7 Å². The molecule has 1 atom stereocenters. The number of benzene rings is 1. The zero-order valence-electron chi connectivity index (χ0n) is 18.8. The molecule has 1 heterocycles. The fourth-order valence-corrected chi connectivity index (χ4v) is 3.64. The average Bonchev–Trinajstić information content (AvgIpc) is 3.58. The van der Waals surface area contributed by atoms with E-state index < -0.39 is 0 Å². The van der Waals surface area contributed by atoms with E-state index in [4.69, 9.17) is 9.73 Å². The predicted molar refractivity (Wildman–Crippen MR) is 121 cm³/mol. The van der Waals surface area contributed by atoms with E-state index in [0.29, 0.717) is 18.3 Å². The number of rotatable bonds is 10. The topological polar surface area (TPSA) is 52.1 Å². The Kier molecular flexibility index (Phi) is 8.75. The Bertz CT molecular complexity index is 686. The van der Waals surface area contributed by atoms with Crippen molar-refractivity contribution in [2.45, 2.75) is 39.7 Å². The van der Waals surface area contributed by atoms with Crippen LogP contribution >= 0.6 is 0 Å². The SMILES string of the molecule is CCNC(=NCCN1CCN(CC)CC1)NC(C)c1ccc(OCC2CC2)c(F)c1. The molecule has 6 nitrogen and oxygen atoms in total. The molecule has 1 saturated heterocycles. The van der Waals surface area contributed by atoms with Crippen molar-refractivity contribution >= 4 is 5.96 Å². The van der Waals surface area contributed by atoms with E-state index in [1.807, 2.05) is 13.0 Å². The molecule has 1 aliphatic carbocycles. The lowest BCUT2D eigenvalue weighted by molar-refractivity contribution is 0.140. The first-order valence-electron chi connectivity index (χ1n) is 11.5. The largest absolute Gasteiger partial charge is 0.490 e. The molecule has 7 heteroatoms. The van der Waals surface area contributed by atoms with E-state index in [2.05, 4.69) is 34.3 Å². The Labute approximate surface area is 180 Å². The van der Waals surface area contributed by atoms with Gasteiger partial charge in [0.2, 0.25) is 0 Å². The number of ether oxygens (including phenoxy) is 1. The summed E-state index contributed by atoms with van der Waals surface area (Å²) in [6.07, 6.45) is 2.39. The van der Waals surface area contributed by atoms with E-state index in [-0.39, 0.29) is 11.9 Å². The second-order valence-corrected chi connectivity index (χ2v) is 8.35. The van der Waals surface area contributed by atoms with Gasteiger partial charge in [0.15, 0.2) is 17.5 Å². The van der Waals surface area contributed by atoms with Gasteiger partial charge < -0.3 is 20.3 Å². The number of guanidine groups is 1. The van der Waals surface area contributed by atoms with Crippen LogP contribution < -0.4 is 15.4 Å². The van der Waals surface area contributed by atoms with Crippen molar-refractivity contribution < 1.29 is 9.13 Å². The minimum absolute atomic E-state index is 0.0529. The number of nitrogens with one attached hydrogen (secondary N) is 2. The highest BCUT2D eigenvalue weighted by Crippen LogP contribution is 2.30. The number of nitrogens with zero attached hydrogens (tertiary/aromatic N) is 3. The number of piperazine rings is 1. The van der Waals surface area contributed by atoms with Crippen molar-refractivity contribution in [2.75, 3.05) is 59.0 Å². The van der Waals surface area contributed by atoms with Crippen LogP contribution in [0.5, 0.6) is 5.75 Å². The molecule has 1 aromatic carbocycles. The Morgan fingerprint density at radius 3 is 2.57 bits per heavy atom. The highest BCUT2D eigenvalue weighted by atomic mass is 19.1. The summed E-state index contributed by atoms with van der Waals surface area (Å²) < 4.78 is 20.0. The first kappa shape index (κ1) is 22.8. The number of hydrogen-bond acceptors (Lipinski definition) is 4. The first-order valence-corrected chi connectivity index (χ1v) is 11.5. The Morgan fingerprint density at radius 1 is 1.20 bits per heavy atom. The molecule has 0 amide bonds. The van der Waals surface area contributed by atoms with Crippen LogP contribution in [-0.2, 0) is 0 Å². The van der Waals surface area contributed by atoms with Crippen molar-refractivity contribution in [1.29, 1.82) is 0 Å². The molecule has 3 rings (SSSR count). The molecule has 0 aromatic heterocycles. The van der Waals surface area contributed by atoms with Crippen LogP contribution in [0.1, 0.15) is 45.2 Å². The number of likely N-dealkylation sites (N-methyl/N-ethyl adjacent to an activating group) is 1. The summed E-state index contributed by atoms with van der Waals surface area (Å²) in [7, 11) is 0. The fraction of sp³-hybridized carbons (Fsp3) is 0.696. The summed E-state index contributed by atoms with van der Waals surface area (Å²) in [5.74, 6) is 1.43. The minimum Gasteiger partial charge on any atom is -0.490 e. The number of aliphatic imine (C=N–C) groups is 1. The Morgan fingerprint density at radius 2 is 1.93 bits per heavy atom. The highest BCUT2D eigenvalue weighted by molar-refractivity contribution is 5.80. The van der Waals surface area contributed by atoms with Crippen molar-refractivity contribution in [3.05, 3.63) is 29.6 Å². The van der Waals surface area contributed by atoms with Crippen LogP contribution in [0.2, 0.25) is 0 Å². The monoisotopic (exact) mass is 419 g/mol. The Balaban J connectivity index is 1.49. The first-order chi connectivity index (χ1) is 14.6. The van der Waals surface area contributed by atoms with Crippen LogP contribution in [0.3, 0.4) is 0 Å². The van der Waals surface area contributed by atoms with E-state index in [9.17, 15) is 4.39 Å². The van der Waals surface area contributed by atoms with Crippen molar-refractivity contribution in [3.63, 3.8) is 0 Å². The van der Waals surface area contributed by atoms with Gasteiger partial charge in [-0.2, -0.15) is 0 Å². The quantitative estimate of drug-likeness (QED) is 0.451. The maximum Gasteiger partial charge on any atom is 0.191 e. The average molecular weight is 420 g/mol. The normalized spacial score (nSPS) is 19.5. The van der Waals surface area contributed by atoms with Gasteiger partial charge in [-0.3, -0.25) is 9.89 Å². The van der Waals surface area contributed by atoms with Gasteiger partial charge >= 0.3 is 0 Å². The van der Waals surface area contributed by atoms with Gasteiger partial charge in [-0.05, 0) is 56.8 Å². The van der Waals surface area contributed by atoms with Crippen molar-refractivity contribution in [1.82, 2.24) is 20.4 Å². The standard InChI is InChI=1S/C23H38FN5O/c1-4-25-23(26-10-11-29-14-12-28(5-2)13-15-29)27-18(3)20-8-9-22(21(24)16-20)30-17-19-6-7-19/h8-9,16,18-19H,4-7,10-15,17H2,1-3H3,(H2,25,26,27). The maximum absolute atomic E-state index is 14.4. The molecule has 168 valence electrons. The second kappa shape index (κ2) is 11.5. The lowest BCUT2D eigenvalue weighted by Crippen LogP contribution is -2.47. The third-order valence-electron chi connectivity index (χ3n) is 5.92. The molecule has 2 aliphatic rings. The molecule has 0 radical (unpaired) electrons. The van der Waals surface area contributed by atoms with E-state index in [0.717, 1.165) is 63.9 Å². The smallest absolute Gasteiger partial charge is 0.191 e. The summed E-state index contributed by atoms with van der Waals surface area (Å²) in [5.41, 5.74) is 0.882. The molecule has 0 bridgehead atoms. The predicted octanol–water partition coefficient (Wildman–Crippen LogP) is 2.87. The second-order valence-electron chi connectivity index (χ2n) is 8.35. The maximum atomic E-state index is 14.4. The van der Waals surface area contributed by atoms with Gasteiger partial charge in [0.25, 0.3) is 0 Å². The van der Waals surface area contributed by atoms with Crippen LogP contribution in [0.25, 0.3) is 0 Å². The van der Waals surface area contributed by atoms with Crippen LogP contribution in [-0.4, -0.2) is 74.7 Å². The zero-order chi connectivity index (χ0) is 21.3. The zero-order valence-corrected chi connectivity index (χ0v) is 18.8. The third kappa shape index (κ3) is 7.13. The summed E-state index contributed by atoms with van der Waals surface area (Å²) >= 11 is 0. The number of hydrogen-bond donors (Lipinski definition) is 2. The van der Waals surface area contributed by atoms with E-state index >= 15 is 0 Å². The minimum atomic E-state index is -0.296. The fourth-order valence-electron chi connectivity index (χ4n) is 3.64. The van der Waals surface area contributed by atoms with Crippen LogP contribution in [0.4, 0.5) is 4.39 Å². The Hall–Kier alpha value is -1.86. The molecule has 1 aromatic rings. The van der Waals surface area contributed by atoms with Gasteiger partial charge in [0, 0.05) is 39.3 Å². The van der Waals surface area contributed by atoms with E-state index in [1.54, 1.807) is 12.1 Å². The highest BCUT2D eigenvalue weighted by Gasteiger charge is 2.22. The summed E-state index contributed by atoms with van der Waals surface area (Å²) in [6.45, 7) is 15.0. The molecule has 1 aliphatic heterocycles. The lowest BCUT2D eigenvalue weighted by atomic mass is 10.1. The summed E-state index contributed by atoms with van der Waals surface area (Å²) in [4.78, 5) is 9.68. The molecule has 2 fully saturated rings. The van der Waals surface area contributed by atoms with Crippen LogP contribution in [0.15, 0.2) is 23.2 Å². The number of halogens is 1. The lowest BCUT2D eigenvalue weighted by Gasteiger charge is -2.33. The van der Waals surface area contributed by atoms with Gasteiger partial charge in [0.05, 0.1) is 19.2 Å². The summed E-state index contributed by atoms with van der Waals surface area (Å²) in [6, 6.07) is 5.18. The molecule has 2 N–H and O–H groups in total. The van der Waals surface area contributed by atoms with Gasteiger partial charge in [-0.15, -0.1) is 0 Å². The summed E-state index contributed by atoms with van der Waals surface area (Å²) in [5, 5.41) is 6.70. The van der Waals surface area contributed by atoms with Gasteiger partial charge in [-0.1, -0.05) is 13.0 Å². The van der Waals surface area contributed by atoms with E-state index in [1.165, 1.54) is 12.8 Å². The molecule has 1 saturated carbocycles.